The van der Waals surface area contributed by atoms with Crippen LogP contribution in [0.2, 0.25) is 5.02 Å². The van der Waals surface area contributed by atoms with Crippen LogP contribution in [0.4, 0.5) is 10.5 Å². The molecule has 3 N–H and O–H groups in total. The summed E-state index contributed by atoms with van der Waals surface area (Å²) in [4.78, 5) is 36.4. The van der Waals surface area contributed by atoms with Crippen molar-refractivity contribution in [3.05, 3.63) is 21.6 Å². The molecule has 2 heterocycles. The molecule has 0 aromatic carbocycles. The van der Waals surface area contributed by atoms with Gasteiger partial charge >= 0.3 is 12.0 Å². The number of esters is 1. The van der Waals surface area contributed by atoms with Crippen LogP contribution in [0.1, 0.15) is 19.8 Å². The van der Waals surface area contributed by atoms with Gasteiger partial charge < -0.3 is 20.3 Å². The fraction of sp³-hybridized carbons (Fsp3) is 0.571. The summed E-state index contributed by atoms with van der Waals surface area (Å²) in [7, 11) is 0. The van der Waals surface area contributed by atoms with E-state index in [1.54, 1.807) is 6.92 Å². The smallest absolute Gasteiger partial charge is 0.315 e. The van der Waals surface area contributed by atoms with E-state index in [1.807, 2.05) is 4.90 Å². The molecule has 10 heteroatoms. The van der Waals surface area contributed by atoms with Crippen molar-refractivity contribution in [2.24, 2.45) is 0 Å². The third-order valence-electron chi connectivity index (χ3n) is 3.56. The van der Waals surface area contributed by atoms with Gasteiger partial charge in [0.1, 0.15) is 5.02 Å². The van der Waals surface area contributed by atoms with Crippen LogP contribution in [-0.4, -0.2) is 54.5 Å². The molecule has 2 rings (SSSR count). The third kappa shape index (κ3) is 4.85. The first-order chi connectivity index (χ1) is 11.5. The molecule has 0 spiro atoms. The van der Waals surface area contributed by atoms with Crippen LogP contribution >= 0.6 is 11.6 Å². The molecule has 0 saturated carbocycles. The lowest BCUT2D eigenvalue weighted by Gasteiger charge is -2.19. The van der Waals surface area contributed by atoms with Crippen molar-refractivity contribution in [2.45, 2.75) is 25.8 Å². The molecule has 0 aliphatic carbocycles. The van der Waals surface area contributed by atoms with E-state index in [4.69, 9.17) is 16.3 Å². The molecule has 132 valence electrons. The van der Waals surface area contributed by atoms with E-state index in [0.29, 0.717) is 31.8 Å². The number of H-pyrrole nitrogens is 1. The van der Waals surface area contributed by atoms with Gasteiger partial charge in [-0.2, -0.15) is 5.10 Å². The highest BCUT2D eigenvalue weighted by molar-refractivity contribution is 6.33. The number of anilines is 1. The number of rotatable bonds is 6. The van der Waals surface area contributed by atoms with Gasteiger partial charge in [-0.15, -0.1) is 0 Å². The Kier molecular flexibility index (Phi) is 6.42. The minimum Gasteiger partial charge on any atom is -0.466 e. The minimum atomic E-state index is -0.442. The molecular formula is C14H20ClN5O4. The maximum atomic E-state index is 11.8. The van der Waals surface area contributed by atoms with Gasteiger partial charge in [0.15, 0.2) is 0 Å². The first kappa shape index (κ1) is 18.1. The number of nitrogens with zero attached hydrogens (tertiary/aromatic N) is 2. The molecule has 1 aromatic heterocycles. The maximum Gasteiger partial charge on any atom is 0.315 e. The molecule has 1 aliphatic rings. The summed E-state index contributed by atoms with van der Waals surface area (Å²) in [5.41, 5.74) is 0.106. The van der Waals surface area contributed by atoms with Crippen LogP contribution in [-0.2, 0) is 9.53 Å². The van der Waals surface area contributed by atoms with Crippen molar-refractivity contribution in [1.29, 1.82) is 0 Å². The second-order valence-electron chi connectivity index (χ2n) is 5.29. The highest BCUT2D eigenvalue weighted by Gasteiger charge is 2.26. The van der Waals surface area contributed by atoms with Crippen LogP contribution in [0.3, 0.4) is 0 Å². The third-order valence-corrected chi connectivity index (χ3v) is 3.93. The van der Waals surface area contributed by atoms with Crippen molar-refractivity contribution >= 4 is 29.3 Å². The zero-order valence-electron chi connectivity index (χ0n) is 13.3. The van der Waals surface area contributed by atoms with E-state index < -0.39 is 5.56 Å². The van der Waals surface area contributed by atoms with Gasteiger partial charge in [0.25, 0.3) is 5.56 Å². The average molecular weight is 358 g/mol. The zero-order chi connectivity index (χ0) is 17.5. The summed E-state index contributed by atoms with van der Waals surface area (Å²) in [6.07, 6.45) is 2.34. The zero-order valence-corrected chi connectivity index (χ0v) is 14.1. The average Bonchev–Trinajstić information content (AvgIpc) is 2.98. The van der Waals surface area contributed by atoms with Crippen molar-refractivity contribution in [3.63, 3.8) is 0 Å². The Morgan fingerprint density at radius 3 is 3.08 bits per heavy atom. The minimum absolute atomic E-state index is 0.0806. The number of hydrogen-bond donors (Lipinski definition) is 3. The quantitative estimate of drug-likeness (QED) is 0.628. The largest absolute Gasteiger partial charge is 0.466 e. The number of hydrogen-bond acceptors (Lipinski definition) is 6. The van der Waals surface area contributed by atoms with Crippen LogP contribution < -0.4 is 21.1 Å². The number of carbonyl (C=O) groups excluding carboxylic acids is 2. The van der Waals surface area contributed by atoms with Gasteiger partial charge in [0.2, 0.25) is 0 Å². The molecule has 9 nitrogen and oxygen atoms in total. The lowest BCUT2D eigenvalue weighted by Crippen LogP contribution is -2.44. The van der Waals surface area contributed by atoms with E-state index in [0.717, 1.165) is 0 Å². The highest BCUT2D eigenvalue weighted by Crippen LogP contribution is 2.24. The van der Waals surface area contributed by atoms with Crippen molar-refractivity contribution in [2.75, 3.05) is 31.1 Å². The summed E-state index contributed by atoms with van der Waals surface area (Å²) in [6.45, 7) is 3.44. The Labute approximate surface area is 143 Å². The van der Waals surface area contributed by atoms with Gasteiger partial charge in [0.05, 0.1) is 24.9 Å². The second kappa shape index (κ2) is 8.53. The number of aromatic nitrogens is 2. The molecule has 24 heavy (non-hydrogen) atoms. The van der Waals surface area contributed by atoms with Crippen LogP contribution in [0, 0.1) is 0 Å². The van der Waals surface area contributed by atoms with E-state index in [-0.39, 0.29) is 36.0 Å². The van der Waals surface area contributed by atoms with E-state index in [1.165, 1.54) is 6.20 Å². The van der Waals surface area contributed by atoms with E-state index in [9.17, 15) is 14.4 Å². The van der Waals surface area contributed by atoms with E-state index >= 15 is 0 Å². The Morgan fingerprint density at radius 1 is 1.54 bits per heavy atom. The Balaban J connectivity index is 1.77. The van der Waals surface area contributed by atoms with Crippen molar-refractivity contribution in [1.82, 2.24) is 20.8 Å². The fourth-order valence-corrected chi connectivity index (χ4v) is 2.65. The summed E-state index contributed by atoms with van der Waals surface area (Å²) in [6, 6.07) is -0.427. The van der Waals surface area contributed by atoms with Crippen LogP contribution in [0.15, 0.2) is 11.0 Å². The molecular weight excluding hydrogens is 338 g/mol. The number of amides is 2. The summed E-state index contributed by atoms with van der Waals surface area (Å²) in [5.74, 6) is -0.346. The Bertz CT molecular complexity index is 650. The number of nitrogens with one attached hydrogen (secondary N) is 3. The molecule has 1 aliphatic heterocycles. The molecule has 2 amide bonds. The predicted octanol–water partition coefficient (Wildman–Crippen LogP) is 0.254. The number of aromatic amines is 1. The Morgan fingerprint density at radius 2 is 2.33 bits per heavy atom. The number of urea groups is 1. The topological polar surface area (TPSA) is 116 Å². The fourth-order valence-electron chi connectivity index (χ4n) is 2.44. The lowest BCUT2D eigenvalue weighted by molar-refractivity contribution is -0.142. The maximum absolute atomic E-state index is 11.8. The Hall–Kier alpha value is -2.29. The SMILES string of the molecule is CCOC(=O)CCNC(=O)N[C@@H]1CCN(c2cn[nH]c(=O)c2Cl)C1. The summed E-state index contributed by atoms with van der Waals surface area (Å²) in [5, 5.41) is 11.5. The molecule has 0 bridgehead atoms. The second-order valence-corrected chi connectivity index (χ2v) is 5.66. The highest BCUT2D eigenvalue weighted by atomic mass is 35.5. The van der Waals surface area contributed by atoms with Gasteiger partial charge in [-0.1, -0.05) is 11.6 Å². The van der Waals surface area contributed by atoms with Gasteiger partial charge in [0, 0.05) is 25.7 Å². The predicted molar refractivity (Wildman–Crippen MR) is 88.3 cm³/mol. The molecule has 1 aromatic rings. The monoisotopic (exact) mass is 357 g/mol. The van der Waals surface area contributed by atoms with Crippen molar-refractivity contribution in [3.8, 4) is 0 Å². The lowest BCUT2D eigenvalue weighted by atomic mass is 10.3. The molecule has 1 saturated heterocycles. The van der Waals surface area contributed by atoms with Gasteiger partial charge in [-0.25, -0.2) is 9.89 Å². The molecule has 1 atom stereocenters. The number of carbonyl (C=O) groups is 2. The van der Waals surface area contributed by atoms with Gasteiger partial charge in [-0.05, 0) is 13.3 Å². The van der Waals surface area contributed by atoms with Crippen molar-refractivity contribution < 1.29 is 14.3 Å². The van der Waals surface area contributed by atoms with Crippen LogP contribution in [0.5, 0.6) is 0 Å². The normalized spacial score (nSPS) is 16.8. The van der Waals surface area contributed by atoms with Crippen LogP contribution in [0.25, 0.3) is 0 Å². The first-order valence-corrected chi connectivity index (χ1v) is 8.07. The van der Waals surface area contributed by atoms with Gasteiger partial charge in [-0.3, -0.25) is 9.59 Å². The first-order valence-electron chi connectivity index (χ1n) is 7.69. The van der Waals surface area contributed by atoms with E-state index in [2.05, 4.69) is 20.8 Å². The molecule has 0 unspecified atom stereocenters. The molecule has 0 radical (unpaired) electrons. The summed E-state index contributed by atoms with van der Waals surface area (Å²) >= 11 is 5.98. The standard InChI is InChI=1S/C14H20ClN5O4/c1-2-24-11(21)3-5-16-14(23)18-9-4-6-20(8-9)10-7-17-19-13(22)12(10)15/h7,9H,2-6,8H2,1H3,(H,19,22)(H2,16,18,23)/t9-/m1/s1. The number of ether oxygens (including phenoxy) is 1. The molecule has 1 fully saturated rings. The number of halogens is 1. The summed E-state index contributed by atoms with van der Waals surface area (Å²) < 4.78 is 4.78.